The molecule has 0 saturated heterocycles. The van der Waals surface area contributed by atoms with E-state index in [1.54, 1.807) is 12.1 Å². The molecule has 1 N–H and O–H groups in total. The topological polar surface area (TPSA) is 59.0 Å². The maximum atomic E-state index is 14.1. The predicted octanol–water partition coefficient (Wildman–Crippen LogP) is 3.68. The van der Waals surface area contributed by atoms with E-state index in [1.807, 2.05) is 23.1 Å². The summed E-state index contributed by atoms with van der Waals surface area (Å²) in [6.45, 7) is 1.11. The van der Waals surface area contributed by atoms with Gasteiger partial charge < -0.3 is 14.6 Å². The summed E-state index contributed by atoms with van der Waals surface area (Å²) < 4.78 is 24.7. The second kappa shape index (κ2) is 7.72. The minimum atomic E-state index is -0.907. The summed E-state index contributed by atoms with van der Waals surface area (Å²) in [5.74, 6) is 0.0198. The molecule has 0 fully saturated rings. The number of ether oxygens (including phenoxy) is 2. The van der Waals surface area contributed by atoms with E-state index < -0.39 is 11.8 Å². The van der Waals surface area contributed by atoms with Gasteiger partial charge in [-0.1, -0.05) is 23.7 Å². The molecular formula is C18H17ClFNO4. The molecule has 0 aliphatic carbocycles. The Labute approximate surface area is 149 Å². The molecule has 0 bridgehead atoms. The summed E-state index contributed by atoms with van der Waals surface area (Å²) in [6, 6.07) is 10.0. The average molecular weight is 366 g/mol. The van der Waals surface area contributed by atoms with Crippen LogP contribution >= 0.6 is 11.6 Å². The SMILES string of the molecule is O=C(O)CCN(Cc1ccc2c(c1)OCO2)Cc1c(F)cccc1Cl. The second-order valence-corrected chi connectivity index (χ2v) is 6.15. The van der Waals surface area contributed by atoms with Crippen LogP contribution in [-0.2, 0) is 17.9 Å². The van der Waals surface area contributed by atoms with E-state index in [9.17, 15) is 9.18 Å². The quantitative estimate of drug-likeness (QED) is 0.811. The Morgan fingerprint density at radius 1 is 1.20 bits per heavy atom. The number of rotatable bonds is 7. The van der Waals surface area contributed by atoms with Gasteiger partial charge >= 0.3 is 5.97 Å². The van der Waals surface area contributed by atoms with Gasteiger partial charge in [0, 0.05) is 30.2 Å². The van der Waals surface area contributed by atoms with E-state index in [0.717, 1.165) is 5.56 Å². The van der Waals surface area contributed by atoms with Crippen molar-refractivity contribution in [2.75, 3.05) is 13.3 Å². The molecule has 1 aliphatic heterocycles. The predicted molar refractivity (Wildman–Crippen MR) is 90.3 cm³/mol. The van der Waals surface area contributed by atoms with Crippen LogP contribution in [0.25, 0.3) is 0 Å². The number of halogens is 2. The van der Waals surface area contributed by atoms with Crippen LogP contribution in [0.1, 0.15) is 17.5 Å². The van der Waals surface area contributed by atoms with Gasteiger partial charge in [-0.15, -0.1) is 0 Å². The van der Waals surface area contributed by atoms with Crippen LogP contribution in [0.4, 0.5) is 4.39 Å². The van der Waals surface area contributed by atoms with Crippen molar-refractivity contribution in [2.45, 2.75) is 19.5 Å². The minimum absolute atomic E-state index is 0.0450. The van der Waals surface area contributed by atoms with Gasteiger partial charge in [0.1, 0.15) is 5.82 Å². The first-order valence-corrected chi connectivity index (χ1v) is 8.16. The Morgan fingerprint density at radius 2 is 2.00 bits per heavy atom. The molecule has 0 saturated carbocycles. The van der Waals surface area contributed by atoms with E-state index in [1.165, 1.54) is 6.07 Å². The van der Waals surface area contributed by atoms with Crippen LogP contribution < -0.4 is 9.47 Å². The van der Waals surface area contributed by atoms with Gasteiger partial charge in [0.05, 0.1) is 6.42 Å². The van der Waals surface area contributed by atoms with Gasteiger partial charge in [-0.05, 0) is 29.8 Å². The molecule has 7 heteroatoms. The number of benzene rings is 2. The molecule has 1 heterocycles. The third kappa shape index (κ3) is 4.41. The molecule has 0 amide bonds. The van der Waals surface area contributed by atoms with Crippen molar-refractivity contribution >= 4 is 17.6 Å². The standard InChI is InChI=1S/C18H17ClFNO4/c19-14-2-1-3-15(20)13(14)10-21(7-6-18(22)23)9-12-4-5-16-17(8-12)25-11-24-16/h1-5,8H,6-7,9-11H2,(H,22,23). The third-order valence-electron chi connectivity index (χ3n) is 3.93. The Kier molecular flexibility index (Phi) is 5.40. The van der Waals surface area contributed by atoms with Crippen LogP contribution in [0.3, 0.4) is 0 Å². The number of hydrogen-bond acceptors (Lipinski definition) is 4. The zero-order valence-electron chi connectivity index (χ0n) is 13.4. The van der Waals surface area contributed by atoms with E-state index in [2.05, 4.69) is 0 Å². The van der Waals surface area contributed by atoms with E-state index in [0.29, 0.717) is 28.6 Å². The maximum absolute atomic E-state index is 14.1. The van der Waals surface area contributed by atoms with Crippen molar-refractivity contribution in [2.24, 2.45) is 0 Å². The van der Waals surface area contributed by atoms with Crippen LogP contribution in [-0.4, -0.2) is 29.3 Å². The molecule has 0 atom stereocenters. The Hall–Kier alpha value is -2.31. The number of aliphatic carboxylic acids is 1. The molecule has 2 aromatic carbocycles. The number of nitrogens with zero attached hydrogens (tertiary/aromatic N) is 1. The highest BCUT2D eigenvalue weighted by atomic mass is 35.5. The van der Waals surface area contributed by atoms with Crippen LogP contribution in [0.2, 0.25) is 5.02 Å². The minimum Gasteiger partial charge on any atom is -0.481 e. The van der Waals surface area contributed by atoms with Gasteiger partial charge in [-0.25, -0.2) is 4.39 Å². The summed E-state index contributed by atoms with van der Waals surface area (Å²) in [6.07, 6.45) is -0.0450. The summed E-state index contributed by atoms with van der Waals surface area (Å²) in [5, 5.41) is 9.29. The van der Waals surface area contributed by atoms with Crippen molar-refractivity contribution in [3.8, 4) is 11.5 Å². The van der Waals surface area contributed by atoms with Gasteiger partial charge in [0.2, 0.25) is 6.79 Å². The lowest BCUT2D eigenvalue weighted by Crippen LogP contribution is -2.26. The molecule has 3 rings (SSSR count). The molecule has 2 aromatic rings. The molecule has 132 valence electrons. The lowest BCUT2D eigenvalue weighted by Gasteiger charge is -2.23. The highest BCUT2D eigenvalue weighted by molar-refractivity contribution is 6.31. The Balaban J connectivity index is 1.78. The zero-order chi connectivity index (χ0) is 17.8. The molecule has 0 unspecified atom stereocenters. The fourth-order valence-corrected chi connectivity index (χ4v) is 2.90. The van der Waals surface area contributed by atoms with Crippen LogP contribution in [0, 0.1) is 5.82 Å². The lowest BCUT2D eigenvalue weighted by atomic mass is 10.1. The largest absolute Gasteiger partial charge is 0.481 e. The van der Waals surface area contributed by atoms with Gasteiger partial charge in [0.15, 0.2) is 11.5 Å². The first-order chi connectivity index (χ1) is 12.0. The molecule has 5 nitrogen and oxygen atoms in total. The van der Waals surface area contributed by atoms with Crippen molar-refractivity contribution < 1.29 is 23.8 Å². The van der Waals surface area contributed by atoms with Crippen molar-refractivity contribution in [3.05, 3.63) is 58.4 Å². The van der Waals surface area contributed by atoms with E-state index in [4.69, 9.17) is 26.2 Å². The van der Waals surface area contributed by atoms with E-state index in [-0.39, 0.29) is 26.3 Å². The average Bonchev–Trinajstić information content (AvgIpc) is 3.03. The number of hydrogen-bond donors (Lipinski definition) is 1. The smallest absolute Gasteiger partial charge is 0.304 e. The van der Waals surface area contributed by atoms with Crippen LogP contribution in [0.15, 0.2) is 36.4 Å². The van der Waals surface area contributed by atoms with Gasteiger partial charge in [0.25, 0.3) is 0 Å². The Morgan fingerprint density at radius 3 is 2.76 bits per heavy atom. The highest BCUT2D eigenvalue weighted by Gasteiger charge is 2.17. The first-order valence-electron chi connectivity index (χ1n) is 7.78. The second-order valence-electron chi connectivity index (χ2n) is 5.74. The molecule has 0 spiro atoms. The summed E-state index contributed by atoms with van der Waals surface area (Å²) >= 11 is 6.10. The molecule has 0 aromatic heterocycles. The first kappa shape index (κ1) is 17.5. The summed E-state index contributed by atoms with van der Waals surface area (Å²) in [4.78, 5) is 12.8. The fourth-order valence-electron chi connectivity index (χ4n) is 2.67. The van der Waals surface area contributed by atoms with Gasteiger partial charge in [-0.2, -0.15) is 0 Å². The number of fused-ring (bicyclic) bond motifs is 1. The lowest BCUT2D eigenvalue weighted by molar-refractivity contribution is -0.137. The fraction of sp³-hybridized carbons (Fsp3) is 0.278. The molecular weight excluding hydrogens is 349 g/mol. The van der Waals surface area contributed by atoms with Crippen LogP contribution in [0.5, 0.6) is 11.5 Å². The summed E-state index contributed by atoms with van der Waals surface area (Å²) in [5.41, 5.74) is 1.28. The Bertz CT molecular complexity index is 763. The van der Waals surface area contributed by atoms with Crippen molar-refractivity contribution in [1.29, 1.82) is 0 Å². The summed E-state index contributed by atoms with van der Waals surface area (Å²) in [7, 11) is 0. The number of carboxylic acids is 1. The third-order valence-corrected chi connectivity index (χ3v) is 4.28. The molecule has 1 aliphatic rings. The normalized spacial score (nSPS) is 12.6. The van der Waals surface area contributed by atoms with Crippen molar-refractivity contribution in [3.63, 3.8) is 0 Å². The van der Waals surface area contributed by atoms with Crippen molar-refractivity contribution in [1.82, 2.24) is 4.90 Å². The monoisotopic (exact) mass is 365 g/mol. The molecule has 25 heavy (non-hydrogen) atoms. The zero-order valence-corrected chi connectivity index (χ0v) is 14.1. The molecule has 0 radical (unpaired) electrons. The number of carbonyl (C=O) groups is 1. The highest BCUT2D eigenvalue weighted by Crippen LogP contribution is 2.33. The number of carboxylic acid groups (broad SMARTS) is 1. The maximum Gasteiger partial charge on any atom is 0.304 e. The van der Waals surface area contributed by atoms with Gasteiger partial charge in [-0.3, -0.25) is 9.69 Å². The van der Waals surface area contributed by atoms with E-state index >= 15 is 0 Å².